The molecule has 0 atom stereocenters. The molecule has 3 rings (SSSR count). The summed E-state index contributed by atoms with van der Waals surface area (Å²) < 4.78 is 0.580. The fourth-order valence-corrected chi connectivity index (χ4v) is 4.08. The molecule has 2 N–H and O–H groups in total. The van der Waals surface area contributed by atoms with Crippen LogP contribution in [0.3, 0.4) is 0 Å². The van der Waals surface area contributed by atoms with Crippen LogP contribution < -0.4 is 10.6 Å². The minimum absolute atomic E-state index is 0.0813. The molecule has 2 aromatic rings. The topological polar surface area (TPSA) is 127 Å². The molecule has 1 aromatic heterocycles. The summed E-state index contributed by atoms with van der Waals surface area (Å²) in [5, 5.41) is 24.5. The number of rotatable bonds is 4. The highest BCUT2D eigenvalue weighted by Crippen LogP contribution is 2.36. The number of hydrogen-bond acceptors (Lipinski definition) is 9. The summed E-state index contributed by atoms with van der Waals surface area (Å²) in [6, 6.07) is 4.40. The van der Waals surface area contributed by atoms with E-state index in [9.17, 15) is 19.7 Å². The maximum absolute atomic E-state index is 11.9. The Morgan fingerprint density at radius 3 is 2.54 bits per heavy atom. The minimum Gasteiger partial charge on any atom is -0.299 e. The molecule has 1 fully saturated rings. The fraction of sp³-hybridized carbons (Fsp3) is 0.0714. The number of amides is 2. The van der Waals surface area contributed by atoms with Gasteiger partial charge in [0.1, 0.15) is 10.6 Å². The van der Waals surface area contributed by atoms with E-state index in [1.54, 1.807) is 13.0 Å². The fourth-order valence-electron chi connectivity index (χ4n) is 2.04. The molecule has 0 aliphatic carbocycles. The first-order chi connectivity index (χ1) is 12.3. The average molecular weight is 407 g/mol. The first kappa shape index (κ1) is 18.1. The van der Waals surface area contributed by atoms with Gasteiger partial charge in [0.15, 0.2) is 9.45 Å². The third-order valence-electron chi connectivity index (χ3n) is 3.14. The van der Waals surface area contributed by atoms with Gasteiger partial charge in [-0.3, -0.25) is 30.3 Å². The largest absolute Gasteiger partial charge is 0.299 e. The van der Waals surface area contributed by atoms with Crippen LogP contribution in [0.2, 0.25) is 0 Å². The molecule has 0 radical (unpaired) electrons. The van der Waals surface area contributed by atoms with Gasteiger partial charge in [0.2, 0.25) is 0 Å². The molecule has 1 aromatic carbocycles. The van der Waals surface area contributed by atoms with Crippen molar-refractivity contribution in [2.45, 2.75) is 16.2 Å². The molecule has 9 nitrogen and oxygen atoms in total. The Bertz CT molecular complexity index is 963. The van der Waals surface area contributed by atoms with Gasteiger partial charge in [-0.05, 0) is 36.8 Å². The van der Waals surface area contributed by atoms with Crippen molar-refractivity contribution in [3.05, 3.63) is 44.5 Å². The monoisotopic (exact) mass is 407 g/mol. The summed E-state index contributed by atoms with van der Waals surface area (Å²) in [6.07, 6.45) is 1.27. The van der Waals surface area contributed by atoms with Crippen molar-refractivity contribution < 1.29 is 14.5 Å². The molecule has 26 heavy (non-hydrogen) atoms. The molecule has 0 unspecified atom stereocenters. The van der Waals surface area contributed by atoms with Gasteiger partial charge in [-0.15, -0.1) is 10.2 Å². The second-order valence-corrected chi connectivity index (χ2v) is 7.85. The van der Waals surface area contributed by atoms with Gasteiger partial charge < -0.3 is 0 Å². The van der Waals surface area contributed by atoms with Gasteiger partial charge in [-0.1, -0.05) is 29.2 Å². The van der Waals surface area contributed by atoms with E-state index in [1.807, 2.05) is 0 Å². The van der Waals surface area contributed by atoms with Crippen molar-refractivity contribution in [3.63, 3.8) is 0 Å². The second-order valence-electron chi connectivity index (χ2n) is 4.97. The number of nitro benzene ring substituents is 1. The van der Waals surface area contributed by atoms with Crippen molar-refractivity contribution in [1.82, 2.24) is 20.8 Å². The Labute approximate surface area is 160 Å². The van der Waals surface area contributed by atoms with Crippen LogP contribution in [0.4, 0.5) is 5.69 Å². The van der Waals surface area contributed by atoms with Crippen LogP contribution in [0, 0.1) is 17.0 Å². The van der Waals surface area contributed by atoms with Gasteiger partial charge in [-0.2, -0.15) is 0 Å². The van der Waals surface area contributed by atoms with Crippen LogP contribution in [-0.2, 0) is 9.59 Å². The lowest BCUT2D eigenvalue weighted by molar-refractivity contribution is -0.387. The van der Waals surface area contributed by atoms with E-state index in [4.69, 9.17) is 12.2 Å². The summed E-state index contributed by atoms with van der Waals surface area (Å²) in [4.78, 5) is 35.0. The number of benzene rings is 1. The normalized spacial score (nSPS) is 14.0. The van der Waals surface area contributed by atoms with E-state index in [0.29, 0.717) is 14.8 Å². The number of aryl methyl sites for hydroxylation is 1. The summed E-state index contributed by atoms with van der Waals surface area (Å²) in [7, 11) is 0. The number of nitrogens with zero attached hydrogens (tertiary/aromatic N) is 3. The van der Waals surface area contributed by atoms with Crippen molar-refractivity contribution >= 4 is 64.0 Å². The Morgan fingerprint density at radius 2 is 1.96 bits per heavy atom. The zero-order chi connectivity index (χ0) is 18.8. The van der Waals surface area contributed by atoms with Crippen molar-refractivity contribution in [3.8, 4) is 0 Å². The molecule has 132 valence electrons. The summed E-state index contributed by atoms with van der Waals surface area (Å²) in [5.41, 5.74) is -0.0139. The highest BCUT2D eigenvalue weighted by Gasteiger charge is 2.26. The first-order valence-electron chi connectivity index (χ1n) is 6.98. The number of thiocarbonyl (C=S) groups is 1. The Hall–Kier alpha value is -2.70. The van der Waals surface area contributed by atoms with Crippen molar-refractivity contribution in [2.75, 3.05) is 0 Å². The minimum atomic E-state index is -0.663. The summed E-state index contributed by atoms with van der Waals surface area (Å²) >= 11 is 7.17. The van der Waals surface area contributed by atoms with Crippen LogP contribution >= 0.6 is 35.3 Å². The lowest BCUT2D eigenvalue weighted by Gasteiger charge is -2.16. The summed E-state index contributed by atoms with van der Waals surface area (Å²) in [5.74, 6) is -1.33. The van der Waals surface area contributed by atoms with Crippen molar-refractivity contribution in [2.24, 2.45) is 0 Å². The number of nitro groups is 1. The highest BCUT2D eigenvalue weighted by molar-refractivity contribution is 8.01. The zero-order valence-electron chi connectivity index (χ0n) is 13.0. The van der Waals surface area contributed by atoms with Crippen LogP contribution in [-0.4, -0.2) is 32.0 Å². The van der Waals surface area contributed by atoms with Crippen LogP contribution in [0.25, 0.3) is 6.08 Å². The van der Waals surface area contributed by atoms with Gasteiger partial charge in [0.05, 0.1) is 9.82 Å². The molecule has 0 spiro atoms. The van der Waals surface area contributed by atoms with E-state index >= 15 is 0 Å². The van der Waals surface area contributed by atoms with Crippen LogP contribution in [0.1, 0.15) is 10.6 Å². The Morgan fingerprint density at radius 1 is 1.27 bits per heavy atom. The Kier molecular flexibility index (Phi) is 5.06. The predicted octanol–water partition coefficient (Wildman–Crippen LogP) is 1.82. The Balaban J connectivity index is 1.95. The number of carbonyl (C=O) groups is 2. The number of hydrogen-bond donors (Lipinski definition) is 2. The maximum Gasteiger partial charge on any atom is 0.283 e. The van der Waals surface area contributed by atoms with Crippen molar-refractivity contribution in [1.29, 1.82) is 0 Å². The lowest BCUT2D eigenvalue weighted by Crippen LogP contribution is -2.51. The third kappa shape index (κ3) is 3.92. The lowest BCUT2D eigenvalue weighted by atomic mass is 10.1. The quantitative estimate of drug-likeness (QED) is 0.258. The van der Waals surface area contributed by atoms with E-state index in [0.717, 1.165) is 16.8 Å². The molecule has 1 saturated heterocycles. The maximum atomic E-state index is 11.9. The van der Waals surface area contributed by atoms with E-state index in [2.05, 4.69) is 20.8 Å². The average Bonchev–Trinajstić information content (AvgIpc) is 2.97. The molecule has 2 amide bonds. The molecule has 0 saturated carbocycles. The van der Waals surface area contributed by atoms with E-state index < -0.39 is 16.7 Å². The molecule has 1 aliphatic heterocycles. The molecule has 2 heterocycles. The molecular weight excluding hydrogens is 398 g/mol. The molecular formula is C14H9N5O4S3. The molecule has 12 heteroatoms. The molecule has 0 bridgehead atoms. The number of aromatic nitrogens is 2. The van der Waals surface area contributed by atoms with Crippen LogP contribution in [0.5, 0.6) is 0 Å². The third-order valence-corrected chi connectivity index (χ3v) is 5.30. The van der Waals surface area contributed by atoms with E-state index in [-0.39, 0.29) is 16.4 Å². The van der Waals surface area contributed by atoms with Gasteiger partial charge in [0, 0.05) is 6.07 Å². The number of carbonyl (C=O) groups excluding carboxylic acids is 2. The summed E-state index contributed by atoms with van der Waals surface area (Å²) in [6.45, 7) is 1.79. The number of nitrogens with one attached hydrogen (secondary N) is 2. The van der Waals surface area contributed by atoms with Crippen LogP contribution in [0.15, 0.2) is 33.0 Å². The smallest absolute Gasteiger partial charge is 0.283 e. The van der Waals surface area contributed by atoms with Gasteiger partial charge in [0.25, 0.3) is 17.5 Å². The second kappa shape index (κ2) is 7.27. The SMILES string of the molecule is Cc1nnc(Sc2ccc(C=C3C(=O)NC(=S)NC3=O)cc2[N+](=O)[O-])s1. The van der Waals surface area contributed by atoms with Gasteiger partial charge in [-0.25, -0.2) is 0 Å². The van der Waals surface area contributed by atoms with E-state index in [1.165, 1.54) is 29.5 Å². The van der Waals surface area contributed by atoms with Gasteiger partial charge >= 0.3 is 0 Å². The standard InChI is InChI=1S/C14H9N5O4S3/c1-6-17-18-14(25-6)26-10-3-2-7(5-9(10)19(22)23)4-8-11(20)15-13(24)16-12(8)21/h2-5H,1H3,(H2,15,16,20,21,24). The first-order valence-corrected chi connectivity index (χ1v) is 9.02. The molecule has 1 aliphatic rings. The highest BCUT2D eigenvalue weighted by atomic mass is 32.2. The predicted molar refractivity (Wildman–Crippen MR) is 98.7 cm³/mol. The zero-order valence-corrected chi connectivity index (χ0v) is 15.5.